The number of halogens is 2. The minimum Gasteiger partial charge on any atom is -1.00 e. The maximum atomic E-state index is 10.6. The summed E-state index contributed by atoms with van der Waals surface area (Å²) in [6, 6.07) is 8.44. The Labute approximate surface area is 344 Å². The molecule has 224 valence electrons. The number of rotatable bonds is 7. The molecular weight excluding hydrogens is 704 g/mol. The van der Waals surface area contributed by atoms with Crippen LogP contribution < -0.4 is 113 Å². The number of aromatic hydroxyl groups is 3. The second-order valence-electron chi connectivity index (χ2n) is 10.1. The first-order valence-electron chi connectivity index (χ1n) is 12.3. The molecule has 3 N–H and O–H groups in total. The molecule has 0 heterocycles. The summed E-state index contributed by atoms with van der Waals surface area (Å²) in [6.07, 6.45) is 3.36. The zero-order valence-corrected chi connectivity index (χ0v) is 33.7. The maximum Gasteiger partial charge on any atom is 1.00 e. The average Bonchev–Trinajstić information content (AvgIpc) is 2.86. The maximum absolute atomic E-state index is 10.6. The van der Waals surface area contributed by atoms with Gasteiger partial charge in [-0.05, 0) is 60.1 Å². The van der Waals surface area contributed by atoms with Gasteiger partial charge < -0.3 is 31.6 Å². The molecule has 13 heteroatoms. The van der Waals surface area contributed by atoms with Crippen LogP contribution in [0, 0.1) is 10.8 Å². The third-order valence-electron chi connectivity index (χ3n) is 4.27. The van der Waals surface area contributed by atoms with Crippen molar-refractivity contribution < 1.29 is 155 Å². The summed E-state index contributed by atoms with van der Waals surface area (Å²) in [5.74, 6) is 0.454. The van der Waals surface area contributed by atoms with Crippen molar-refractivity contribution in [2.45, 2.75) is 54.4 Å². The van der Waals surface area contributed by atoms with Gasteiger partial charge in [0.1, 0.15) is 23.0 Å². The van der Waals surface area contributed by atoms with Gasteiger partial charge in [-0.3, -0.25) is 18.8 Å². The van der Waals surface area contributed by atoms with Crippen molar-refractivity contribution in [3.8, 4) is 23.0 Å². The number of hydrogen-bond donors (Lipinski definition) is 3. The van der Waals surface area contributed by atoms with Crippen molar-refractivity contribution in [2.24, 2.45) is 10.8 Å². The van der Waals surface area contributed by atoms with E-state index in [1.807, 2.05) is 0 Å². The average molecular weight is 748 g/mol. The van der Waals surface area contributed by atoms with Crippen LogP contribution in [0.15, 0.2) is 36.4 Å². The van der Waals surface area contributed by atoms with E-state index in [-0.39, 0.29) is 144 Å². The third kappa shape index (κ3) is 33.1. The molecule has 0 aromatic heterocycles. The molecule has 0 aliphatic rings. The number of aldehydes is 2. The predicted molar refractivity (Wildman–Crippen MR) is 156 cm³/mol. The van der Waals surface area contributed by atoms with E-state index in [0.717, 1.165) is 6.42 Å². The van der Waals surface area contributed by atoms with Gasteiger partial charge in [0.25, 0.3) is 6.47 Å². The molecule has 0 fully saturated rings. The van der Waals surface area contributed by atoms with Gasteiger partial charge >= 0.3 is 103 Å². The van der Waals surface area contributed by atoms with Crippen LogP contribution in [0.1, 0.15) is 77.9 Å². The number of phenolic OH excluding ortho intramolecular Hbond substituents is 3. The molecule has 0 aliphatic heterocycles. The summed E-state index contributed by atoms with van der Waals surface area (Å²) in [4.78, 5) is 32.0. The topological polar surface area (TPSA) is 153 Å². The van der Waals surface area contributed by atoms with E-state index in [1.165, 1.54) is 35.1 Å². The molecule has 0 saturated heterocycles. The van der Waals surface area contributed by atoms with Crippen LogP contribution >= 0.6 is 22.6 Å². The minimum absolute atomic E-state index is 0. The Morgan fingerprint density at radius 3 is 1.63 bits per heavy atom. The van der Waals surface area contributed by atoms with Crippen molar-refractivity contribution in [1.29, 1.82) is 0 Å². The summed E-state index contributed by atoms with van der Waals surface area (Å²) >= 11 is 2.41. The molecule has 2 aromatic rings. The van der Waals surface area contributed by atoms with Crippen molar-refractivity contribution in [1.82, 2.24) is 0 Å². The van der Waals surface area contributed by atoms with Crippen LogP contribution in [-0.2, 0) is 9.68 Å². The standard InChI is InChI=1S/C13H18O3.C7H6O3.C6H13I.CH3F.CH2O3.2K.H/c1-13(2,3)6-7-16-11-4-5-12(15)10(8-11)9-14;8-4-5-3-6(9)1-2-7(5)10;1-6(2,3)4-5-7;1-2;2-1-4-3;;;/h4-5,8-9,15H,6-7H2,1-3H3;1-4,9-10H;4-5H2,1-3H3;1H3;1,3H;;;/q;;;;;2*+1;-1/p-1/i;;;1D;;;;. The zero-order valence-electron chi connectivity index (χ0n) is 27.3. The number of benzene rings is 2. The Hall–Kier alpha value is 0.343. The van der Waals surface area contributed by atoms with Crippen LogP contribution in [0.5, 0.6) is 23.0 Å². The van der Waals surface area contributed by atoms with E-state index in [4.69, 9.17) is 26.4 Å². The van der Waals surface area contributed by atoms with E-state index >= 15 is 0 Å². The fourth-order valence-corrected chi connectivity index (χ4v) is 3.73. The largest absolute Gasteiger partial charge is 1.00 e. The quantitative estimate of drug-likeness (QED) is 0.0673. The Kier molecular flexibility index (Phi) is 35.7. The van der Waals surface area contributed by atoms with Crippen LogP contribution in [0.4, 0.5) is 4.39 Å². The SMILES string of the molecule is CC(C)(C)CCI.CC(C)(C)CCOc1ccc(O)c(C=O)c1.O=CO[O-].O=Cc1cc(O)ccc1O.[2H]CF.[H-].[K+].[K+]. The smallest absolute Gasteiger partial charge is 1.00 e. The number of ether oxygens (including phenoxy) is 1. The first-order chi connectivity index (χ1) is 18.5. The van der Waals surface area contributed by atoms with E-state index < -0.39 is 7.15 Å². The minimum atomic E-state index is -1.00. The second kappa shape index (κ2) is 30.4. The Balaban J connectivity index is -0.000000110. The van der Waals surface area contributed by atoms with Crippen LogP contribution in [0.2, 0.25) is 0 Å². The van der Waals surface area contributed by atoms with Crippen LogP contribution in [-0.4, -0.2) is 52.6 Å². The molecule has 2 aromatic carbocycles. The van der Waals surface area contributed by atoms with Crippen LogP contribution in [0.3, 0.4) is 0 Å². The number of alkyl halides is 2. The molecule has 0 atom stereocenters. The molecule has 0 amide bonds. The van der Waals surface area contributed by atoms with Crippen molar-refractivity contribution in [3.63, 3.8) is 0 Å². The molecule has 0 radical (unpaired) electrons. The van der Waals surface area contributed by atoms with E-state index in [9.17, 15) is 19.1 Å². The molecule has 0 saturated carbocycles. The molecule has 41 heavy (non-hydrogen) atoms. The first-order valence-corrected chi connectivity index (χ1v) is 13.1. The fraction of sp³-hybridized carbons (Fsp3) is 0.464. The van der Waals surface area contributed by atoms with Gasteiger partial charge in [0.15, 0.2) is 12.6 Å². The predicted octanol–water partition coefficient (Wildman–Crippen LogP) is -0.0715. The summed E-state index contributed by atoms with van der Waals surface area (Å²) < 4.78 is 22.3. The Bertz CT molecular complexity index is 978. The number of carbonyl (C=O) groups excluding carboxylic acids is 3. The Morgan fingerprint density at radius 1 is 0.902 bits per heavy atom. The van der Waals surface area contributed by atoms with Gasteiger partial charge in [0, 0.05) is 4.43 Å². The van der Waals surface area contributed by atoms with Gasteiger partial charge in [-0.15, -0.1) is 0 Å². The van der Waals surface area contributed by atoms with Gasteiger partial charge in [0.05, 0.1) is 26.3 Å². The van der Waals surface area contributed by atoms with E-state index in [1.54, 1.807) is 12.1 Å². The summed E-state index contributed by atoms with van der Waals surface area (Å²) in [5.41, 5.74) is 1.12. The second-order valence-corrected chi connectivity index (χ2v) is 11.1. The molecule has 0 unspecified atom stereocenters. The number of hydrogen-bond acceptors (Lipinski definition) is 9. The summed E-state index contributed by atoms with van der Waals surface area (Å²) in [5, 5.41) is 35.4. The summed E-state index contributed by atoms with van der Waals surface area (Å²) in [6.45, 7) is 13.7. The van der Waals surface area contributed by atoms with Gasteiger partial charge in [-0.25, -0.2) is 0 Å². The fourth-order valence-electron chi connectivity index (χ4n) is 2.11. The zero-order chi connectivity index (χ0) is 31.8. The van der Waals surface area contributed by atoms with E-state index in [0.29, 0.717) is 30.3 Å². The number of carbonyl (C=O) groups is 3. The molecule has 0 aliphatic carbocycles. The van der Waals surface area contributed by atoms with Crippen molar-refractivity contribution in [2.75, 3.05) is 18.2 Å². The summed E-state index contributed by atoms with van der Waals surface area (Å²) in [7, 11) is -1.00. The molecule has 2 rings (SSSR count). The molecular formula is C28H42FIK2O9. The first kappa shape index (κ1) is 48.3. The third-order valence-corrected chi connectivity index (χ3v) is 4.81. The molecule has 9 nitrogen and oxygen atoms in total. The monoisotopic (exact) mass is 747 g/mol. The van der Waals surface area contributed by atoms with Crippen LogP contribution in [0.25, 0.3) is 0 Å². The van der Waals surface area contributed by atoms with Crippen molar-refractivity contribution in [3.05, 3.63) is 47.5 Å². The van der Waals surface area contributed by atoms with Crippen molar-refractivity contribution >= 4 is 41.6 Å². The molecule has 0 bridgehead atoms. The van der Waals surface area contributed by atoms with Gasteiger partial charge in [0.2, 0.25) is 0 Å². The normalized spacial score (nSPS) is 9.63. The molecule has 0 spiro atoms. The van der Waals surface area contributed by atoms with Gasteiger partial charge in [-0.2, -0.15) is 0 Å². The Morgan fingerprint density at radius 2 is 1.32 bits per heavy atom. The van der Waals surface area contributed by atoms with Gasteiger partial charge in [-0.1, -0.05) is 64.1 Å². The van der Waals surface area contributed by atoms with E-state index in [2.05, 4.69) is 69.0 Å². The number of phenols is 3.